The predicted molar refractivity (Wildman–Crippen MR) is 107 cm³/mol. The van der Waals surface area contributed by atoms with Crippen LogP contribution in [0.1, 0.15) is 10.4 Å². The summed E-state index contributed by atoms with van der Waals surface area (Å²) in [5, 5.41) is 3.00. The number of carbonyl (C=O) groups is 1. The maximum Gasteiger partial charge on any atom is 0.277 e. The van der Waals surface area contributed by atoms with Crippen molar-refractivity contribution in [3.8, 4) is 0 Å². The Balaban J connectivity index is 1.87. The fraction of sp³-hybridized carbons (Fsp3) is 0.111. The van der Waals surface area contributed by atoms with E-state index in [9.17, 15) is 9.18 Å². The number of amides is 1. The van der Waals surface area contributed by atoms with Gasteiger partial charge >= 0.3 is 0 Å². The molecule has 2 aromatic heterocycles. The summed E-state index contributed by atoms with van der Waals surface area (Å²) in [7, 11) is 0. The summed E-state index contributed by atoms with van der Waals surface area (Å²) in [6, 6.07) is 6.38. The zero-order valence-corrected chi connectivity index (χ0v) is 16.3. The molecule has 0 atom stereocenters. The van der Waals surface area contributed by atoms with Crippen molar-refractivity contribution in [1.29, 1.82) is 0 Å². The van der Waals surface area contributed by atoms with Gasteiger partial charge in [0.15, 0.2) is 0 Å². The molecule has 0 bridgehead atoms. The summed E-state index contributed by atoms with van der Waals surface area (Å²) in [5.41, 5.74) is 3.92. The van der Waals surface area contributed by atoms with E-state index in [1.165, 1.54) is 12.3 Å². The van der Waals surface area contributed by atoms with E-state index in [0.717, 1.165) is 3.57 Å². The maximum absolute atomic E-state index is 14.3. The second kappa shape index (κ2) is 8.82. The molecule has 0 fully saturated rings. The number of aromatic nitrogens is 2. The number of nitrogens with one attached hydrogen (secondary N) is 2. The topological polar surface area (TPSA) is 76.9 Å². The standard InChI is InChI=1S/C18H16FIN4O3/c1-2-26-7-8-27-23-18(25)13-5-6-24-11-21-10-16(24)17(13)22-15-4-3-12(20)9-14(15)19/h2-6,9-11,22H,1,7-8H2,(H,23,25). The Labute approximate surface area is 168 Å². The van der Waals surface area contributed by atoms with Gasteiger partial charge in [-0.3, -0.25) is 9.63 Å². The number of anilines is 2. The second-order valence-electron chi connectivity index (χ2n) is 5.36. The third-order valence-electron chi connectivity index (χ3n) is 3.61. The number of pyridine rings is 1. The van der Waals surface area contributed by atoms with Crippen LogP contribution in [-0.2, 0) is 9.57 Å². The zero-order valence-electron chi connectivity index (χ0n) is 14.1. The van der Waals surface area contributed by atoms with Crippen LogP contribution in [-0.4, -0.2) is 28.5 Å². The van der Waals surface area contributed by atoms with Crippen molar-refractivity contribution in [2.45, 2.75) is 0 Å². The van der Waals surface area contributed by atoms with Crippen LogP contribution >= 0.6 is 22.6 Å². The van der Waals surface area contributed by atoms with Crippen LogP contribution in [0.4, 0.5) is 15.8 Å². The predicted octanol–water partition coefficient (Wildman–Crippen LogP) is 3.64. The Morgan fingerprint density at radius 1 is 1.37 bits per heavy atom. The number of hydroxylamine groups is 1. The average Bonchev–Trinajstić information content (AvgIpc) is 3.13. The Morgan fingerprint density at radius 2 is 2.22 bits per heavy atom. The minimum Gasteiger partial charge on any atom is -0.499 e. The molecular weight excluding hydrogens is 466 g/mol. The third kappa shape index (κ3) is 4.55. The fourth-order valence-corrected chi connectivity index (χ4v) is 2.84. The molecule has 1 amide bonds. The summed E-state index contributed by atoms with van der Waals surface area (Å²) in [6.07, 6.45) is 6.15. The molecule has 140 valence electrons. The SMILES string of the molecule is C=COCCONC(=O)c1ccn2cncc2c1Nc1ccc(I)cc1F. The molecule has 3 rings (SSSR count). The molecule has 3 aromatic rings. The number of halogens is 2. The molecule has 0 unspecified atom stereocenters. The van der Waals surface area contributed by atoms with Crippen molar-refractivity contribution < 1.29 is 18.8 Å². The molecule has 1 aromatic carbocycles. The summed E-state index contributed by atoms with van der Waals surface area (Å²) >= 11 is 2.03. The molecule has 2 N–H and O–H groups in total. The Hall–Kier alpha value is -2.66. The molecule has 0 saturated heterocycles. The first-order chi connectivity index (χ1) is 13.1. The number of imidazole rings is 1. The first-order valence-corrected chi connectivity index (χ1v) is 8.99. The summed E-state index contributed by atoms with van der Waals surface area (Å²) in [4.78, 5) is 21.7. The largest absolute Gasteiger partial charge is 0.499 e. The number of carbonyl (C=O) groups excluding carboxylic acids is 1. The highest BCUT2D eigenvalue weighted by Gasteiger charge is 2.17. The van der Waals surface area contributed by atoms with Crippen molar-refractivity contribution >= 4 is 45.4 Å². The molecular formula is C18H16FIN4O3. The van der Waals surface area contributed by atoms with Crippen molar-refractivity contribution in [2.24, 2.45) is 0 Å². The van der Waals surface area contributed by atoms with Gasteiger partial charge in [-0.05, 0) is 46.9 Å². The van der Waals surface area contributed by atoms with E-state index in [0.29, 0.717) is 11.2 Å². The van der Waals surface area contributed by atoms with Crippen LogP contribution < -0.4 is 10.8 Å². The first kappa shape index (κ1) is 19.1. The lowest BCUT2D eigenvalue weighted by Crippen LogP contribution is -2.26. The van der Waals surface area contributed by atoms with Crippen molar-refractivity contribution in [3.05, 3.63) is 70.8 Å². The first-order valence-electron chi connectivity index (χ1n) is 7.91. The van der Waals surface area contributed by atoms with E-state index in [1.54, 1.807) is 41.3 Å². The third-order valence-corrected chi connectivity index (χ3v) is 4.29. The van der Waals surface area contributed by atoms with Crippen LogP contribution in [0.15, 0.2) is 55.8 Å². The fourth-order valence-electron chi connectivity index (χ4n) is 2.38. The summed E-state index contributed by atoms with van der Waals surface area (Å²) < 4.78 is 21.7. The quantitative estimate of drug-likeness (QED) is 0.222. The van der Waals surface area contributed by atoms with Crippen LogP contribution in [0.3, 0.4) is 0 Å². The molecule has 0 saturated carbocycles. The minimum atomic E-state index is -0.481. The number of hydrogen-bond donors (Lipinski definition) is 2. The maximum atomic E-state index is 14.3. The monoisotopic (exact) mass is 482 g/mol. The van der Waals surface area contributed by atoms with Gasteiger partial charge < -0.3 is 14.5 Å². The van der Waals surface area contributed by atoms with Gasteiger partial charge in [-0.2, -0.15) is 0 Å². The van der Waals surface area contributed by atoms with Gasteiger partial charge in [0.2, 0.25) is 0 Å². The van der Waals surface area contributed by atoms with Crippen molar-refractivity contribution in [1.82, 2.24) is 14.9 Å². The van der Waals surface area contributed by atoms with Crippen LogP contribution in [0, 0.1) is 9.39 Å². The van der Waals surface area contributed by atoms with E-state index < -0.39 is 11.7 Å². The normalized spacial score (nSPS) is 10.6. The molecule has 7 nitrogen and oxygen atoms in total. The zero-order chi connectivity index (χ0) is 19.2. The lowest BCUT2D eigenvalue weighted by molar-refractivity contribution is 0.0145. The van der Waals surface area contributed by atoms with Gasteiger partial charge in [0, 0.05) is 9.77 Å². The molecule has 0 aliphatic carbocycles. The molecule has 0 aliphatic rings. The van der Waals surface area contributed by atoms with E-state index in [2.05, 4.69) is 22.4 Å². The van der Waals surface area contributed by atoms with Gasteiger partial charge in [-0.15, -0.1) is 0 Å². The smallest absolute Gasteiger partial charge is 0.277 e. The number of nitrogens with zero attached hydrogens (tertiary/aromatic N) is 2. The molecule has 0 aliphatic heterocycles. The number of hydrogen-bond acceptors (Lipinski definition) is 5. The van der Waals surface area contributed by atoms with Crippen molar-refractivity contribution in [3.63, 3.8) is 0 Å². The Kier molecular flexibility index (Phi) is 6.24. The van der Waals surface area contributed by atoms with Gasteiger partial charge in [-0.25, -0.2) is 14.9 Å². The lowest BCUT2D eigenvalue weighted by Gasteiger charge is -2.14. The molecule has 2 heterocycles. The highest BCUT2D eigenvalue weighted by Crippen LogP contribution is 2.28. The Morgan fingerprint density at radius 3 is 3.00 bits per heavy atom. The van der Waals surface area contributed by atoms with Gasteiger partial charge in [0.05, 0.1) is 41.2 Å². The van der Waals surface area contributed by atoms with E-state index in [1.807, 2.05) is 22.6 Å². The summed E-state index contributed by atoms with van der Waals surface area (Å²) in [5.74, 6) is -0.904. The van der Waals surface area contributed by atoms with Crippen LogP contribution in [0.25, 0.3) is 5.52 Å². The average molecular weight is 482 g/mol. The number of benzene rings is 1. The van der Waals surface area contributed by atoms with Crippen LogP contribution in [0.2, 0.25) is 0 Å². The number of fused-ring (bicyclic) bond motifs is 1. The number of rotatable bonds is 8. The highest BCUT2D eigenvalue weighted by atomic mass is 127. The van der Waals surface area contributed by atoms with E-state index in [-0.39, 0.29) is 24.5 Å². The van der Waals surface area contributed by atoms with Crippen molar-refractivity contribution in [2.75, 3.05) is 18.5 Å². The van der Waals surface area contributed by atoms with E-state index >= 15 is 0 Å². The highest BCUT2D eigenvalue weighted by molar-refractivity contribution is 14.1. The van der Waals surface area contributed by atoms with Gasteiger partial charge in [0.25, 0.3) is 5.91 Å². The van der Waals surface area contributed by atoms with Gasteiger partial charge in [0.1, 0.15) is 19.0 Å². The second-order valence-corrected chi connectivity index (χ2v) is 6.60. The molecule has 27 heavy (non-hydrogen) atoms. The Bertz CT molecular complexity index is 976. The lowest BCUT2D eigenvalue weighted by atomic mass is 10.1. The van der Waals surface area contributed by atoms with Gasteiger partial charge in [-0.1, -0.05) is 6.58 Å². The minimum absolute atomic E-state index is 0.154. The molecule has 0 radical (unpaired) electrons. The number of ether oxygens (including phenoxy) is 1. The summed E-state index contributed by atoms with van der Waals surface area (Å²) in [6.45, 7) is 3.82. The molecule has 0 spiro atoms. The van der Waals surface area contributed by atoms with Crippen LogP contribution in [0.5, 0.6) is 0 Å². The molecule has 9 heteroatoms. The van der Waals surface area contributed by atoms with E-state index in [4.69, 9.17) is 9.57 Å².